The van der Waals surface area contributed by atoms with Crippen LogP contribution in [-0.2, 0) is 9.47 Å². The molecule has 0 spiro atoms. The average Bonchev–Trinajstić information content (AvgIpc) is 3.02. The van der Waals surface area contributed by atoms with Gasteiger partial charge in [-0.3, -0.25) is 0 Å². The van der Waals surface area contributed by atoms with Crippen LogP contribution in [0.1, 0.15) is 58.8 Å². The summed E-state index contributed by atoms with van der Waals surface area (Å²) < 4.78 is 11.6. The molecule has 0 aliphatic carbocycles. The maximum atomic E-state index is 5.85. The largest absolute Gasteiger partial charge is 0.378 e. The summed E-state index contributed by atoms with van der Waals surface area (Å²) in [6.07, 6.45) is 9.71. The molecule has 0 bridgehead atoms. The fourth-order valence-corrected chi connectivity index (χ4v) is 3.54. The van der Waals surface area contributed by atoms with Gasteiger partial charge in [-0.1, -0.05) is 13.3 Å². The minimum Gasteiger partial charge on any atom is -0.378 e. The number of nitrogens with one attached hydrogen (secondary N) is 1. The summed E-state index contributed by atoms with van der Waals surface area (Å²) in [6, 6.07) is 0. The van der Waals surface area contributed by atoms with Crippen LogP contribution in [0, 0.1) is 5.41 Å². The lowest BCUT2D eigenvalue weighted by atomic mass is 9.76. The molecular formula is C16H31NO2. The first-order chi connectivity index (χ1) is 9.27. The van der Waals surface area contributed by atoms with Gasteiger partial charge < -0.3 is 14.8 Å². The van der Waals surface area contributed by atoms with Crippen LogP contribution in [0.3, 0.4) is 0 Å². The minimum atomic E-state index is 0.369. The van der Waals surface area contributed by atoms with Crippen LogP contribution in [0.15, 0.2) is 0 Å². The topological polar surface area (TPSA) is 30.5 Å². The first kappa shape index (κ1) is 15.3. The Hall–Kier alpha value is -0.120. The Bertz CT molecular complexity index is 253. The van der Waals surface area contributed by atoms with Crippen molar-refractivity contribution < 1.29 is 9.47 Å². The molecule has 3 nitrogen and oxygen atoms in total. The first-order valence-corrected chi connectivity index (χ1v) is 8.21. The molecule has 0 aromatic carbocycles. The number of hydrogen-bond donors (Lipinski definition) is 1. The van der Waals surface area contributed by atoms with Crippen molar-refractivity contribution in [3.05, 3.63) is 0 Å². The highest BCUT2D eigenvalue weighted by atomic mass is 16.5. The van der Waals surface area contributed by atoms with E-state index in [4.69, 9.17) is 9.47 Å². The maximum Gasteiger partial charge on any atom is 0.0616 e. The molecule has 1 N–H and O–H groups in total. The van der Waals surface area contributed by atoms with Crippen LogP contribution in [-0.4, -0.2) is 38.5 Å². The monoisotopic (exact) mass is 269 g/mol. The smallest absolute Gasteiger partial charge is 0.0616 e. The van der Waals surface area contributed by atoms with Crippen LogP contribution in [0.4, 0.5) is 0 Å². The van der Waals surface area contributed by atoms with Crippen molar-refractivity contribution in [3.8, 4) is 0 Å². The third kappa shape index (κ3) is 4.17. The first-order valence-electron chi connectivity index (χ1n) is 8.21. The summed E-state index contributed by atoms with van der Waals surface area (Å²) in [5.41, 5.74) is 0.369. The predicted molar refractivity (Wildman–Crippen MR) is 78.4 cm³/mol. The maximum absolute atomic E-state index is 5.85. The Morgan fingerprint density at radius 2 is 2.16 bits per heavy atom. The van der Waals surface area contributed by atoms with Crippen molar-refractivity contribution in [2.24, 2.45) is 5.41 Å². The minimum absolute atomic E-state index is 0.369. The van der Waals surface area contributed by atoms with Crippen molar-refractivity contribution in [1.29, 1.82) is 0 Å². The average molecular weight is 269 g/mol. The summed E-state index contributed by atoms with van der Waals surface area (Å²) >= 11 is 0. The fraction of sp³-hybridized carbons (Fsp3) is 1.00. The SMILES string of the molecule is CCCNCC1(CCCC2CCCO2)CCOC1C. The number of hydrogen-bond acceptors (Lipinski definition) is 3. The summed E-state index contributed by atoms with van der Waals surface area (Å²) in [4.78, 5) is 0. The molecule has 3 unspecified atom stereocenters. The molecule has 3 atom stereocenters. The van der Waals surface area contributed by atoms with Crippen LogP contribution in [0.2, 0.25) is 0 Å². The van der Waals surface area contributed by atoms with E-state index in [1.165, 1.54) is 44.9 Å². The molecule has 2 fully saturated rings. The van der Waals surface area contributed by atoms with E-state index in [-0.39, 0.29) is 0 Å². The molecule has 0 aromatic rings. The Labute approximate surface area is 118 Å². The van der Waals surface area contributed by atoms with Crippen LogP contribution in [0.5, 0.6) is 0 Å². The molecule has 112 valence electrons. The van der Waals surface area contributed by atoms with Gasteiger partial charge in [0.2, 0.25) is 0 Å². The number of rotatable bonds is 8. The highest BCUT2D eigenvalue weighted by Gasteiger charge is 2.40. The molecule has 2 saturated heterocycles. The second-order valence-electron chi connectivity index (χ2n) is 6.33. The van der Waals surface area contributed by atoms with Gasteiger partial charge in [-0.15, -0.1) is 0 Å². The molecule has 2 heterocycles. The van der Waals surface area contributed by atoms with E-state index < -0.39 is 0 Å². The van der Waals surface area contributed by atoms with Gasteiger partial charge in [0, 0.05) is 25.2 Å². The van der Waals surface area contributed by atoms with Crippen LogP contribution >= 0.6 is 0 Å². The van der Waals surface area contributed by atoms with E-state index in [1.807, 2.05) is 0 Å². The molecule has 3 heteroatoms. The van der Waals surface area contributed by atoms with Gasteiger partial charge in [-0.25, -0.2) is 0 Å². The van der Waals surface area contributed by atoms with Gasteiger partial charge >= 0.3 is 0 Å². The standard InChI is InChI=1S/C16H31NO2/c1-3-10-17-13-16(9-12-18-14(16)2)8-4-6-15-7-5-11-19-15/h14-15,17H,3-13H2,1-2H3. The van der Waals surface area contributed by atoms with Crippen molar-refractivity contribution in [1.82, 2.24) is 5.32 Å². The summed E-state index contributed by atoms with van der Waals surface area (Å²) in [6.45, 7) is 8.65. The molecule has 2 rings (SSSR count). The van der Waals surface area contributed by atoms with Gasteiger partial charge in [0.1, 0.15) is 0 Å². The molecule has 2 aliphatic heterocycles. The van der Waals surface area contributed by atoms with Crippen molar-refractivity contribution in [2.75, 3.05) is 26.3 Å². The molecule has 0 radical (unpaired) electrons. The van der Waals surface area contributed by atoms with Gasteiger partial charge in [-0.05, 0) is 52.0 Å². The highest BCUT2D eigenvalue weighted by Crippen LogP contribution is 2.39. The molecule has 2 aliphatic rings. The molecular weight excluding hydrogens is 238 g/mol. The Morgan fingerprint density at radius 1 is 1.26 bits per heavy atom. The Balaban J connectivity index is 1.76. The lowest BCUT2D eigenvalue weighted by Gasteiger charge is -2.33. The molecule has 0 amide bonds. The Kier molecular flexibility index (Phi) is 6.11. The zero-order valence-electron chi connectivity index (χ0n) is 12.7. The van der Waals surface area contributed by atoms with Gasteiger partial charge in [0.25, 0.3) is 0 Å². The summed E-state index contributed by atoms with van der Waals surface area (Å²) in [7, 11) is 0. The molecule has 0 saturated carbocycles. The highest BCUT2D eigenvalue weighted by molar-refractivity contribution is 4.91. The lowest BCUT2D eigenvalue weighted by molar-refractivity contribution is 0.0516. The van der Waals surface area contributed by atoms with E-state index in [0.29, 0.717) is 17.6 Å². The van der Waals surface area contributed by atoms with Gasteiger partial charge in [0.05, 0.1) is 12.2 Å². The van der Waals surface area contributed by atoms with Crippen molar-refractivity contribution >= 4 is 0 Å². The molecule has 0 aromatic heterocycles. The van der Waals surface area contributed by atoms with Crippen LogP contribution in [0.25, 0.3) is 0 Å². The summed E-state index contributed by atoms with van der Waals surface area (Å²) in [5.74, 6) is 0. The second kappa shape index (κ2) is 7.61. The van der Waals surface area contributed by atoms with Crippen molar-refractivity contribution in [3.63, 3.8) is 0 Å². The van der Waals surface area contributed by atoms with Gasteiger partial charge in [-0.2, -0.15) is 0 Å². The van der Waals surface area contributed by atoms with Crippen LogP contribution < -0.4 is 5.32 Å². The third-order valence-corrected chi connectivity index (χ3v) is 4.96. The zero-order chi connectivity index (χ0) is 13.6. The van der Waals surface area contributed by atoms with Crippen molar-refractivity contribution in [2.45, 2.75) is 71.0 Å². The van der Waals surface area contributed by atoms with E-state index in [9.17, 15) is 0 Å². The van der Waals surface area contributed by atoms with E-state index in [1.54, 1.807) is 0 Å². The zero-order valence-corrected chi connectivity index (χ0v) is 12.7. The second-order valence-corrected chi connectivity index (χ2v) is 6.33. The summed E-state index contributed by atoms with van der Waals surface area (Å²) in [5, 5.41) is 3.62. The van der Waals surface area contributed by atoms with E-state index in [2.05, 4.69) is 19.2 Å². The normalized spacial score (nSPS) is 35.1. The number of ether oxygens (including phenoxy) is 2. The van der Waals surface area contributed by atoms with E-state index >= 15 is 0 Å². The quantitative estimate of drug-likeness (QED) is 0.687. The molecule has 19 heavy (non-hydrogen) atoms. The third-order valence-electron chi connectivity index (χ3n) is 4.96. The van der Waals surface area contributed by atoms with Gasteiger partial charge in [0.15, 0.2) is 0 Å². The predicted octanol–water partition coefficient (Wildman–Crippen LogP) is 3.13. The van der Waals surface area contributed by atoms with E-state index in [0.717, 1.165) is 26.3 Å². The Morgan fingerprint density at radius 3 is 2.79 bits per heavy atom. The lowest BCUT2D eigenvalue weighted by Crippen LogP contribution is -2.40. The fourth-order valence-electron chi connectivity index (χ4n) is 3.54.